The third kappa shape index (κ3) is 5.01. The van der Waals surface area contributed by atoms with Crippen molar-refractivity contribution in [1.82, 2.24) is 5.32 Å². The molecule has 0 aromatic heterocycles. The molecule has 0 bridgehead atoms. The van der Waals surface area contributed by atoms with E-state index in [2.05, 4.69) is 30.1 Å². The van der Waals surface area contributed by atoms with Crippen LogP contribution in [0.2, 0.25) is 5.02 Å². The summed E-state index contributed by atoms with van der Waals surface area (Å²) >= 11 is 6.35. The summed E-state index contributed by atoms with van der Waals surface area (Å²) < 4.78 is 5.04. The zero-order valence-corrected chi connectivity index (χ0v) is 13.0. The predicted molar refractivity (Wildman–Crippen MR) is 83.2 cm³/mol. The van der Waals surface area contributed by atoms with Gasteiger partial charge < -0.3 is 15.0 Å². The first-order valence-electron chi connectivity index (χ1n) is 6.96. The summed E-state index contributed by atoms with van der Waals surface area (Å²) in [5.41, 5.74) is 2.41. The van der Waals surface area contributed by atoms with Gasteiger partial charge in [-0.2, -0.15) is 0 Å². The summed E-state index contributed by atoms with van der Waals surface area (Å²) in [6.45, 7) is 8.76. The molecule has 0 saturated carbocycles. The van der Waals surface area contributed by atoms with E-state index in [1.807, 2.05) is 12.1 Å². The van der Waals surface area contributed by atoms with E-state index in [4.69, 9.17) is 16.3 Å². The number of hydrogen-bond acceptors (Lipinski definition) is 3. The number of benzene rings is 1. The molecule has 1 aromatic carbocycles. The van der Waals surface area contributed by atoms with Crippen LogP contribution in [0, 0.1) is 0 Å². The van der Waals surface area contributed by atoms with Gasteiger partial charge in [0, 0.05) is 49.6 Å². The number of hydrogen-bond donors (Lipinski definition) is 1. The zero-order valence-electron chi connectivity index (χ0n) is 12.2. The van der Waals surface area contributed by atoms with Crippen molar-refractivity contribution in [1.29, 1.82) is 0 Å². The lowest BCUT2D eigenvalue weighted by Gasteiger charge is -2.26. The molecule has 3 nitrogen and oxygen atoms in total. The molecule has 0 fully saturated rings. The number of nitrogens with one attached hydrogen (secondary N) is 1. The Hall–Kier alpha value is -0.770. The standard InChI is InChI=1S/C15H25ClN2O/c1-4-10-18(5-2)15-8-6-7-14(16)13(15)12-17-9-11-19-3/h6-8,17H,4-5,9-12H2,1-3H3. The van der Waals surface area contributed by atoms with E-state index < -0.39 is 0 Å². The van der Waals surface area contributed by atoms with Crippen molar-refractivity contribution in [2.75, 3.05) is 38.3 Å². The van der Waals surface area contributed by atoms with Crippen molar-refractivity contribution in [3.8, 4) is 0 Å². The molecular formula is C15H25ClN2O. The molecule has 1 rings (SSSR count). The Balaban J connectivity index is 2.81. The lowest BCUT2D eigenvalue weighted by atomic mass is 10.1. The van der Waals surface area contributed by atoms with E-state index in [9.17, 15) is 0 Å². The monoisotopic (exact) mass is 284 g/mol. The Morgan fingerprint density at radius 2 is 2.11 bits per heavy atom. The number of methoxy groups -OCH3 is 1. The first kappa shape index (κ1) is 16.3. The number of anilines is 1. The van der Waals surface area contributed by atoms with Crippen LogP contribution in [-0.2, 0) is 11.3 Å². The van der Waals surface area contributed by atoms with Crippen molar-refractivity contribution in [3.63, 3.8) is 0 Å². The van der Waals surface area contributed by atoms with Crippen LogP contribution < -0.4 is 10.2 Å². The molecule has 0 spiro atoms. The van der Waals surface area contributed by atoms with Crippen molar-refractivity contribution in [3.05, 3.63) is 28.8 Å². The lowest BCUT2D eigenvalue weighted by molar-refractivity contribution is 0.199. The Labute approximate surface area is 121 Å². The quantitative estimate of drug-likeness (QED) is 0.704. The van der Waals surface area contributed by atoms with Crippen LogP contribution in [0.4, 0.5) is 5.69 Å². The van der Waals surface area contributed by atoms with Crippen LogP contribution in [0.15, 0.2) is 18.2 Å². The average Bonchev–Trinajstić information content (AvgIpc) is 2.42. The van der Waals surface area contributed by atoms with Gasteiger partial charge in [-0.05, 0) is 25.5 Å². The molecule has 0 saturated heterocycles. The highest BCUT2D eigenvalue weighted by molar-refractivity contribution is 6.31. The van der Waals surface area contributed by atoms with E-state index in [0.717, 1.165) is 37.6 Å². The van der Waals surface area contributed by atoms with Gasteiger partial charge in [-0.3, -0.25) is 0 Å². The third-order valence-electron chi connectivity index (χ3n) is 3.09. The molecule has 0 heterocycles. The van der Waals surface area contributed by atoms with E-state index in [-0.39, 0.29) is 0 Å². The van der Waals surface area contributed by atoms with E-state index in [1.54, 1.807) is 7.11 Å². The maximum Gasteiger partial charge on any atom is 0.0587 e. The highest BCUT2D eigenvalue weighted by Crippen LogP contribution is 2.27. The van der Waals surface area contributed by atoms with Gasteiger partial charge in [-0.15, -0.1) is 0 Å². The number of rotatable bonds is 9. The van der Waals surface area contributed by atoms with Crippen LogP contribution in [0.1, 0.15) is 25.8 Å². The number of nitrogens with zero attached hydrogens (tertiary/aromatic N) is 1. The highest BCUT2D eigenvalue weighted by atomic mass is 35.5. The molecule has 0 unspecified atom stereocenters. The van der Waals surface area contributed by atoms with Gasteiger partial charge in [-0.1, -0.05) is 24.6 Å². The molecule has 0 atom stereocenters. The maximum atomic E-state index is 6.35. The van der Waals surface area contributed by atoms with Crippen LogP contribution in [0.3, 0.4) is 0 Å². The van der Waals surface area contributed by atoms with Gasteiger partial charge in [0.15, 0.2) is 0 Å². The summed E-state index contributed by atoms with van der Waals surface area (Å²) in [7, 11) is 1.71. The van der Waals surface area contributed by atoms with Crippen LogP contribution >= 0.6 is 11.6 Å². The fourth-order valence-electron chi connectivity index (χ4n) is 2.12. The molecule has 4 heteroatoms. The second kappa shape index (κ2) is 9.18. The molecule has 1 aromatic rings. The molecule has 0 amide bonds. The van der Waals surface area contributed by atoms with Gasteiger partial charge in [0.05, 0.1) is 6.61 Å². The van der Waals surface area contributed by atoms with Gasteiger partial charge >= 0.3 is 0 Å². The molecule has 108 valence electrons. The molecule has 0 aliphatic rings. The second-order valence-electron chi connectivity index (χ2n) is 4.49. The van der Waals surface area contributed by atoms with Gasteiger partial charge in [0.2, 0.25) is 0 Å². The minimum Gasteiger partial charge on any atom is -0.383 e. The Morgan fingerprint density at radius 1 is 1.32 bits per heavy atom. The number of ether oxygens (including phenoxy) is 1. The summed E-state index contributed by atoms with van der Waals surface area (Å²) in [6.07, 6.45) is 1.14. The topological polar surface area (TPSA) is 24.5 Å². The third-order valence-corrected chi connectivity index (χ3v) is 3.45. The second-order valence-corrected chi connectivity index (χ2v) is 4.89. The Bertz CT molecular complexity index is 371. The van der Waals surface area contributed by atoms with Gasteiger partial charge in [0.25, 0.3) is 0 Å². The van der Waals surface area contributed by atoms with Crippen molar-refractivity contribution in [2.45, 2.75) is 26.8 Å². The molecular weight excluding hydrogens is 260 g/mol. The predicted octanol–water partition coefficient (Wildman–Crippen LogP) is 3.31. The SMILES string of the molecule is CCCN(CC)c1cccc(Cl)c1CNCCOC. The van der Waals surface area contributed by atoms with Gasteiger partial charge in [-0.25, -0.2) is 0 Å². The van der Waals surface area contributed by atoms with Crippen molar-refractivity contribution in [2.24, 2.45) is 0 Å². The van der Waals surface area contributed by atoms with Crippen molar-refractivity contribution < 1.29 is 4.74 Å². The Morgan fingerprint density at radius 3 is 2.74 bits per heavy atom. The minimum atomic E-state index is 0.715. The molecule has 0 aliphatic carbocycles. The van der Waals surface area contributed by atoms with Crippen LogP contribution in [-0.4, -0.2) is 33.4 Å². The van der Waals surface area contributed by atoms with Crippen LogP contribution in [0.25, 0.3) is 0 Å². The summed E-state index contributed by atoms with van der Waals surface area (Å²) in [5.74, 6) is 0. The number of halogens is 1. The molecule has 0 radical (unpaired) electrons. The van der Waals surface area contributed by atoms with E-state index >= 15 is 0 Å². The van der Waals surface area contributed by atoms with Crippen molar-refractivity contribution >= 4 is 17.3 Å². The van der Waals surface area contributed by atoms with Gasteiger partial charge in [0.1, 0.15) is 0 Å². The summed E-state index contributed by atoms with van der Waals surface area (Å²) in [4.78, 5) is 2.37. The molecule has 1 N–H and O–H groups in total. The Kier molecular flexibility index (Phi) is 7.87. The van der Waals surface area contributed by atoms with E-state index in [1.165, 1.54) is 11.3 Å². The normalized spacial score (nSPS) is 10.7. The molecule has 19 heavy (non-hydrogen) atoms. The fourth-order valence-corrected chi connectivity index (χ4v) is 2.36. The summed E-state index contributed by atoms with van der Waals surface area (Å²) in [5, 5.41) is 4.20. The highest BCUT2D eigenvalue weighted by Gasteiger charge is 2.11. The molecule has 0 aliphatic heterocycles. The zero-order chi connectivity index (χ0) is 14.1. The summed E-state index contributed by atoms with van der Waals surface area (Å²) in [6, 6.07) is 6.13. The van der Waals surface area contributed by atoms with Crippen LogP contribution in [0.5, 0.6) is 0 Å². The maximum absolute atomic E-state index is 6.35. The van der Waals surface area contributed by atoms with E-state index in [0.29, 0.717) is 6.61 Å². The smallest absolute Gasteiger partial charge is 0.0587 e. The first-order valence-corrected chi connectivity index (χ1v) is 7.34. The average molecular weight is 285 g/mol. The fraction of sp³-hybridized carbons (Fsp3) is 0.600. The minimum absolute atomic E-state index is 0.715. The largest absolute Gasteiger partial charge is 0.383 e. The lowest BCUT2D eigenvalue weighted by Crippen LogP contribution is -2.26. The first-order chi connectivity index (χ1) is 9.24.